The number of benzene rings is 1. The van der Waals surface area contributed by atoms with Crippen molar-refractivity contribution in [3.05, 3.63) is 38.3 Å². The van der Waals surface area contributed by atoms with Gasteiger partial charge in [0, 0.05) is 30.7 Å². The van der Waals surface area contributed by atoms with Crippen molar-refractivity contribution >= 4 is 16.6 Å². The second-order valence-corrected chi connectivity index (χ2v) is 7.12. The Bertz CT molecular complexity index is 946. The van der Waals surface area contributed by atoms with E-state index < -0.39 is 17.1 Å². The van der Waals surface area contributed by atoms with Gasteiger partial charge in [-0.25, -0.2) is 9.18 Å². The quantitative estimate of drug-likeness (QED) is 0.863. The van der Waals surface area contributed by atoms with Crippen molar-refractivity contribution < 1.29 is 4.39 Å². The van der Waals surface area contributed by atoms with Gasteiger partial charge in [0.05, 0.1) is 16.6 Å². The van der Waals surface area contributed by atoms with Gasteiger partial charge in [0.15, 0.2) is 0 Å². The SMILES string of the molecule is CC1Cc2c(N3CCC([C@H](C)N)C3)c(F)cc3c(=O)[nH]c(=O)n1c23. The highest BCUT2D eigenvalue weighted by Crippen LogP contribution is 2.39. The number of anilines is 1. The van der Waals surface area contributed by atoms with Gasteiger partial charge in [-0.3, -0.25) is 14.3 Å². The van der Waals surface area contributed by atoms with Crippen molar-refractivity contribution in [2.24, 2.45) is 11.7 Å². The number of rotatable bonds is 2. The van der Waals surface area contributed by atoms with Crippen LogP contribution in [0.3, 0.4) is 0 Å². The summed E-state index contributed by atoms with van der Waals surface area (Å²) in [5.74, 6) is -0.0693. The molecule has 1 saturated heterocycles. The average molecular weight is 332 g/mol. The fourth-order valence-corrected chi connectivity index (χ4v) is 4.22. The Balaban J connectivity index is 1.95. The Morgan fingerprint density at radius 3 is 2.83 bits per heavy atom. The van der Waals surface area contributed by atoms with E-state index in [1.807, 2.05) is 18.7 Å². The van der Waals surface area contributed by atoms with Gasteiger partial charge >= 0.3 is 5.69 Å². The zero-order valence-electron chi connectivity index (χ0n) is 13.8. The largest absolute Gasteiger partial charge is 0.369 e. The third-order valence-corrected chi connectivity index (χ3v) is 5.47. The molecule has 0 amide bonds. The molecule has 7 heteroatoms. The zero-order chi connectivity index (χ0) is 17.2. The minimum absolute atomic E-state index is 0.0621. The Hall–Kier alpha value is -2.15. The molecule has 24 heavy (non-hydrogen) atoms. The van der Waals surface area contributed by atoms with E-state index in [9.17, 15) is 14.0 Å². The molecule has 0 spiro atoms. The first-order chi connectivity index (χ1) is 11.4. The van der Waals surface area contributed by atoms with Crippen molar-refractivity contribution in [2.45, 2.75) is 38.8 Å². The number of nitrogens with two attached hydrogens (primary N) is 1. The molecule has 2 aliphatic rings. The normalized spacial score (nSPS) is 24.1. The summed E-state index contributed by atoms with van der Waals surface area (Å²) in [4.78, 5) is 28.6. The maximum absolute atomic E-state index is 14.9. The number of aromatic amines is 1. The highest BCUT2D eigenvalue weighted by Gasteiger charge is 2.33. The molecular formula is C17H21FN4O2. The minimum atomic E-state index is -0.526. The molecule has 3 heterocycles. The molecule has 3 atom stereocenters. The van der Waals surface area contributed by atoms with Gasteiger partial charge < -0.3 is 10.6 Å². The first-order valence-electron chi connectivity index (χ1n) is 8.39. The van der Waals surface area contributed by atoms with Crippen LogP contribution in [0.1, 0.15) is 31.9 Å². The number of halogens is 1. The van der Waals surface area contributed by atoms with Crippen LogP contribution in [0.5, 0.6) is 0 Å². The van der Waals surface area contributed by atoms with Gasteiger partial charge in [-0.1, -0.05) is 0 Å². The van der Waals surface area contributed by atoms with Crippen LogP contribution >= 0.6 is 0 Å². The Labute approximate surface area is 138 Å². The molecule has 1 fully saturated rings. The third kappa shape index (κ3) is 2.04. The third-order valence-electron chi connectivity index (χ3n) is 5.47. The summed E-state index contributed by atoms with van der Waals surface area (Å²) in [5.41, 5.74) is 6.93. The maximum Gasteiger partial charge on any atom is 0.329 e. The van der Waals surface area contributed by atoms with Gasteiger partial charge in [-0.2, -0.15) is 0 Å². The van der Waals surface area contributed by atoms with Crippen molar-refractivity contribution in [3.63, 3.8) is 0 Å². The number of hydrogen-bond acceptors (Lipinski definition) is 4. The summed E-state index contributed by atoms with van der Waals surface area (Å²) >= 11 is 0. The van der Waals surface area contributed by atoms with Crippen molar-refractivity contribution in [1.82, 2.24) is 9.55 Å². The molecular weight excluding hydrogens is 311 g/mol. The first-order valence-corrected chi connectivity index (χ1v) is 8.39. The molecule has 128 valence electrons. The topological polar surface area (TPSA) is 84.1 Å². The highest BCUT2D eigenvalue weighted by molar-refractivity contribution is 5.88. The molecule has 1 aromatic heterocycles. The van der Waals surface area contributed by atoms with Crippen LogP contribution in [-0.2, 0) is 6.42 Å². The summed E-state index contributed by atoms with van der Waals surface area (Å²) in [6.07, 6.45) is 1.47. The lowest BCUT2D eigenvalue weighted by molar-refractivity contribution is 0.487. The lowest BCUT2D eigenvalue weighted by Crippen LogP contribution is -2.31. The molecule has 3 N–H and O–H groups in total. The van der Waals surface area contributed by atoms with E-state index in [1.54, 1.807) is 4.57 Å². The molecule has 6 nitrogen and oxygen atoms in total. The Morgan fingerprint density at radius 1 is 1.42 bits per heavy atom. The van der Waals surface area contributed by atoms with E-state index in [0.29, 0.717) is 30.1 Å². The van der Waals surface area contributed by atoms with Crippen molar-refractivity contribution in [1.29, 1.82) is 0 Å². The van der Waals surface area contributed by atoms with E-state index in [1.165, 1.54) is 6.07 Å². The average Bonchev–Trinajstić information content (AvgIpc) is 3.09. The van der Waals surface area contributed by atoms with Crippen LogP contribution in [0, 0.1) is 11.7 Å². The summed E-state index contributed by atoms with van der Waals surface area (Å²) in [5, 5.41) is 0.248. The molecule has 2 aromatic rings. The van der Waals surface area contributed by atoms with E-state index >= 15 is 0 Å². The number of nitrogens with one attached hydrogen (secondary N) is 1. The van der Waals surface area contributed by atoms with Gasteiger partial charge in [0.25, 0.3) is 5.56 Å². The van der Waals surface area contributed by atoms with Gasteiger partial charge in [0.2, 0.25) is 0 Å². The number of hydrogen-bond donors (Lipinski definition) is 2. The minimum Gasteiger partial charge on any atom is -0.369 e. The molecule has 2 unspecified atom stereocenters. The molecule has 1 aromatic carbocycles. The predicted molar refractivity (Wildman–Crippen MR) is 91.2 cm³/mol. The van der Waals surface area contributed by atoms with E-state index in [0.717, 1.165) is 18.5 Å². The monoisotopic (exact) mass is 332 g/mol. The molecule has 0 aliphatic carbocycles. The fourth-order valence-electron chi connectivity index (χ4n) is 4.22. The lowest BCUT2D eigenvalue weighted by atomic mass is 10.0. The van der Waals surface area contributed by atoms with Gasteiger partial charge in [0.1, 0.15) is 5.82 Å². The van der Waals surface area contributed by atoms with Gasteiger partial charge in [-0.15, -0.1) is 0 Å². The summed E-state index contributed by atoms with van der Waals surface area (Å²) in [6.45, 7) is 5.33. The summed E-state index contributed by atoms with van der Waals surface area (Å²) < 4.78 is 16.4. The Morgan fingerprint density at radius 2 is 2.17 bits per heavy atom. The predicted octanol–water partition coefficient (Wildman–Crippen LogP) is 1.12. The second-order valence-electron chi connectivity index (χ2n) is 7.12. The molecule has 4 rings (SSSR count). The van der Waals surface area contributed by atoms with E-state index in [-0.39, 0.29) is 17.5 Å². The van der Waals surface area contributed by atoms with Gasteiger partial charge in [-0.05, 0) is 38.7 Å². The fraction of sp³-hybridized carbons (Fsp3) is 0.529. The molecule has 2 aliphatic heterocycles. The number of aromatic nitrogens is 2. The summed E-state index contributed by atoms with van der Waals surface area (Å²) in [7, 11) is 0. The smallest absolute Gasteiger partial charge is 0.329 e. The van der Waals surface area contributed by atoms with Crippen LogP contribution in [0.2, 0.25) is 0 Å². The number of H-pyrrole nitrogens is 1. The maximum atomic E-state index is 14.9. The molecule has 0 saturated carbocycles. The van der Waals surface area contributed by atoms with Crippen LogP contribution in [-0.4, -0.2) is 28.7 Å². The standard InChI is InChI=1S/C17H21FN4O2/c1-8-5-11-14-12(16(23)20-17(24)22(8)14)6-13(18)15(11)21-4-3-10(7-21)9(2)19/h6,8-10H,3-5,7,19H2,1-2H3,(H,20,23,24)/t8?,9-,10?/m0/s1. The second kappa shape index (κ2) is 5.17. The van der Waals surface area contributed by atoms with Crippen LogP contribution in [0.4, 0.5) is 10.1 Å². The van der Waals surface area contributed by atoms with E-state index in [2.05, 4.69) is 4.98 Å². The lowest BCUT2D eigenvalue weighted by Gasteiger charge is -2.23. The Kier molecular flexibility index (Phi) is 3.32. The zero-order valence-corrected chi connectivity index (χ0v) is 13.8. The van der Waals surface area contributed by atoms with Crippen LogP contribution < -0.4 is 21.9 Å². The number of nitrogens with zero attached hydrogens (tertiary/aromatic N) is 2. The first kappa shape index (κ1) is 15.4. The van der Waals surface area contributed by atoms with Crippen LogP contribution in [0.15, 0.2) is 15.7 Å². The molecule has 0 bridgehead atoms. The van der Waals surface area contributed by atoms with Crippen LogP contribution in [0.25, 0.3) is 10.9 Å². The highest BCUT2D eigenvalue weighted by atomic mass is 19.1. The summed E-state index contributed by atoms with van der Waals surface area (Å²) in [6, 6.07) is 1.23. The van der Waals surface area contributed by atoms with Crippen molar-refractivity contribution in [2.75, 3.05) is 18.0 Å². The molecule has 0 radical (unpaired) electrons. The van der Waals surface area contributed by atoms with Crippen molar-refractivity contribution in [3.8, 4) is 0 Å². The van der Waals surface area contributed by atoms with E-state index in [4.69, 9.17) is 5.73 Å².